The van der Waals surface area contributed by atoms with E-state index in [9.17, 15) is 4.79 Å². The van der Waals surface area contributed by atoms with Crippen LogP contribution in [0.25, 0.3) is 11.0 Å². The van der Waals surface area contributed by atoms with Crippen molar-refractivity contribution in [3.05, 3.63) is 47.8 Å². The zero-order valence-electron chi connectivity index (χ0n) is 15.8. The van der Waals surface area contributed by atoms with Crippen LogP contribution >= 0.6 is 0 Å². The number of anilines is 1. The molecule has 1 amide bonds. The van der Waals surface area contributed by atoms with Gasteiger partial charge >= 0.3 is 0 Å². The molecule has 1 aromatic carbocycles. The van der Waals surface area contributed by atoms with Crippen LogP contribution in [0.5, 0.6) is 5.75 Å². The maximum Gasteiger partial charge on any atom is 0.256 e. The third kappa shape index (κ3) is 3.40. The number of hydrogen-bond acceptors (Lipinski definition) is 4. The van der Waals surface area contributed by atoms with Gasteiger partial charge in [0.05, 0.1) is 24.3 Å². The normalized spacial score (nSPS) is 11.3. The fourth-order valence-electron chi connectivity index (χ4n) is 2.77. The molecule has 6 heteroatoms. The number of carbonyl (C=O) groups excluding carboxylic acids is 1. The minimum Gasteiger partial charge on any atom is -0.497 e. The number of aromatic nitrogens is 3. The van der Waals surface area contributed by atoms with Crippen LogP contribution in [0, 0.1) is 0 Å². The maximum absolute atomic E-state index is 12.9. The highest BCUT2D eigenvalue weighted by atomic mass is 16.5. The molecule has 0 fully saturated rings. The second-order valence-corrected chi connectivity index (χ2v) is 6.85. The Morgan fingerprint density at radius 2 is 1.85 bits per heavy atom. The van der Waals surface area contributed by atoms with E-state index in [0.29, 0.717) is 11.3 Å². The van der Waals surface area contributed by atoms with Crippen LogP contribution in [0.15, 0.2) is 36.5 Å². The summed E-state index contributed by atoms with van der Waals surface area (Å²) in [5, 5.41) is 8.13. The van der Waals surface area contributed by atoms with E-state index in [0.717, 1.165) is 22.5 Å². The first-order valence-electron chi connectivity index (χ1n) is 8.74. The Hall–Kier alpha value is -2.89. The van der Waals surface area contributed by atoms with Crippen molar-refractivity contribution in [2.24, 2.45) is 0 Å². The molecule has 136 valence electrons. The monoisotopic (exact) mass is 352 g/mol. The van der Waals surface area contributed by atoms with Gasteiger partial charge < -0.3 is 10.1 Å². The molecule has 0 atom stereocenters. The molecule has 0 aliphatic carbocycles. The molecule has 0 bridgehead atoms. The third-order valence-electron chi connectivity index (χ3n) is 4.26. The average Bonchev–Trinajstić information content (AvgIpc) is 3.05. The van der Waals surface area contributed by atoms with Crippen LogP contribution in [0.2, 0.25) is 0 Å². The van der Waals surface area contributed by atoms with E-state index in [1.165, 1.54) is 0 Å². The second-order valence-electron chi connectivity index (χ2n) is 6.85. The Morgan fingerprint density at radius 3 is 2.42 bits per heavy atom. The van der Waals surface area contributed by atoms with Crippen LogP contribution in [-0.4, -0.2) is 27.8 Å². The Labute approximate surface area is 153 Å². The second kappa shape index (κ2) is 7.15. The molecular formula is C20H24N4O2. The van der Waals surface area contributed by atoms with Crippen LogP contribution in [0.3, 0.4) is 0 Å². The smallest absolute Gasteiger partial charge is 0.256 e. The lowest BCUT2D eigenvalue weighted by atomic mass is 10.0. The standard InChI is InChI=1S/C20H24N4O2/c1-12(2)18-10-16(17-11-21-24(13(3)4)19(17)23-18)20(25)22-14-6-8-15(26-5)9-7-14/h6-13H,1-5H3,(H,22,25). The van der Waals surface area contributed by atoms with Gasteiger partial charge in [-0.05, 0) is 50.1 Å². The van der Waals surface area contributed by atoms with Gasteiger partial charge in [-0.1, -0.05) is 13.8 Å². The summed E-state index contributed by atoms with van der Waals surface area (Å²) in [6.07, 6.45) is 1.72. The molecule has 6 nitrogen and oxygen atoms in total. The Kier molecular flexibility index (Phi) is 4.93. The molecular weight excluding hydrogens is 328 g/mol. The summed E-state index contributed by atoms with van der Waals surface area (Å²) in [7, 11) is 1.61. The largest absolute Gasteiger partial charge is 0.497 e. The quantitative estimate of drug-likeness (QED) is 0.739. The molecule has 0 saturated heterocycles. The van der Waals surface area contributed by atoms with Crippen molar-refractivity contribution >= 4 is 22.6 Å². The Morgan fingerprint density at radius 1 is 1.15 bits per heavy atom. The van der Waals surface area contributed by atoms with Crippen LogP contribution in [0.4, 0.5) is 5.69 Å². The number of amides is 1. The first kappa shape index (κ1) is 17.9. The van der Waals surface area contributed by atoms with E-state index in [-0.39, 0.29) is 17.9 Å². The van der Waals surface area contributed by atoms with Gasteiger partial charge in [0.15, 0.2) is 5.65 Å². The summed E-state index contributed by atoms with van der Waals surface area (Å²) in [6, 6.07) is 9.28. The van der Waals surface area contributed by atoms with Crippen molar-refractivity contribution in [3.8, 4) is 5.75 Å². The van der Waals surface area contributed by atoms with Crippen molar-refractivity contribution in [1.29, 1.82) is 0 Å². The molecule has 2 heterocycles. The van der Waals surface area contributed by atoms with Crippen LogP contribution < -0.4 is 10.1 Å². The fourth-order valence-corrected chi connectivity index (χ4v) is 2.77. The van der Waals surface area contributed by atoms with Crippen molar-refractivity contribution in [2.45, 2.75) is 39.7 Å². The molecule has 0 spiro atoms. The minimum absolute atomic E-state index is 0.167. The molecule has 0 saturated carbocycles. The van der Waals surface area contributed by atoms with E-state index in [1.54, 1.807) is 13.3 Å². The average molecular weight is 352 g/mol. The van der Waals surface area contributed by atoms with Gasteiger partial charge in [-0.15, -0.1) is 0 Å². The molecule has 0 radical (unpaired) electrons. The van der Waals surface area contributed by atoms with E-state index in [1.807, 2.05) is 48.9 Å². The molecule has 26 heavy (non-hydrogen) atoms. The zero-order valence-corrected chi connectivity index (χ0v) is 15.8. The first-order chi connectivity index (χ1) is 12.4. The lowest BCUT2D eigenvalue weighted by molar-refractivity contribution is 0.102. The third-order valence-corrected chi connectivity index (χ3v) is 4.26. The van der Waals surface area contributed by atoms with E-state index in [4.69, 9.17) is 9.72 Å². The summed E-state index contributed by atoms with van der Waals surface area (Å²) >= 11 is 0. The van der Waals surface area contributed by atoms with Crippen molar-refractivity contribution in [3.63, 3.8) is 0 Å². The molecule has 3 rings (SSSR count). The van der Waals surface area contributed by atoms with Crippen molar-refractivity contribution in [2.75, 3.05) is 12.4 Å². The van der Waals surface area contributed by atoms with Crippen molar-refractivity contribution in [1.82, 2.24) is 14.8 Å². The van der Waals surface area contributed by atoms with Gasteiger partial charge in [0, 0.05) is 17.4 Å². The highest BCUT2D eigenvalue weighted by molar-refractivity contribution is 6.12. The topological polar surface area (TPSA) is 69.0 Å². The minimum atomic E-state index is -0.173. The fraction of sp³-hybridized carbons (Fsp3) is 0.350. The predicted molar refractivity (Wildman–Crippen MR) is 103 cm³/mol. The number of benzene rings is 1. The van der Waals surface area contributed by atoms with E-state index >= 15 is 0 Å². The molecule has 0 aliphatic heterocycles. The van der Waals surface area contributed by atoms with Gasteiger partial charge in [0.25, 0.3) is 5.91 Å². The first-order valence-corrected chi connectivity index (χ1v) is 8.74. The molecule has 0 aliphatic rings. The number of ether oxygens (including phenoxy) is 1. The van der Waals surface area contributed by atoms with Gasteiger partial charge in [-0.3, -0.25) is 4.79 Å². The van der Waals surface area contributed by atoms with E-state index < -0.39 is 0 Å². The lowest BCUT2D eigenvalue weighted by Crippen LogP contribution is -2.14. The highest BCUT2D eigenvalue weighted by Gasteiger charge is 2.19. The van der Waals surface area contributed by atoms with Gasteiger partial charge in [-0.25, -0.2) is 9.67 Å². The zero-order chi connectivity index (χ0) is 18.8. The number of pyridine rings is 1. The summed E-state index contributed by atoms with van der Waals surface area (Å²) in [6.45, 7) is 8.23. The predicted octanol–water partition coefficient (Wildman–Crippen LogP) is 4.40. The van der Waals surface area contributed by atoms with Crippen LogP contribution in [-0.2, 0) is 0 Å². The summed E-state index contributed by atoms with van der Waals surface area (Å²) in [4.78, 5) is 17.7. The van der Waals surface area contributed by atoms with Crippen molar-refractivity contribution < 1.29 is 9.53 Å². The number of fused-ring (bicyclic) bond motifs is 1. The van der Waals surface area contributed by atoms with Gasteiger partial charge in [0.2, 0.25) is 0 Å². The summed E-state index contributed by atoms with van der Waals surface area (Å²) < 4.78 is 7.00. The number of nitrogens with one attached hydrogen (secondary N) is 1. The number of carbonyl (C=O) groups is 1. The number of rotatable bonds is 5. The number of hydrogen-bond donors (Lipinski definition) is 1. The van der Waals surface area contributed by atoms with Gasteiger partial charge in [0.1, 0.15) is 5.75 Å². The van der Waals surface area contributed by atoms with E-state index in [2.05, 4.69) is 24.3 Å². The Balaban J connectivity index is 2.03. The number of methoxy groups -OCH3 is 1. The maximum atomic E-state index is 12.9. The van der Waals surface area contributed by atoms with Gasteiger partial charge in [-0.2, -0.15) is 5.10 Å². The number of nitrogens with zero attached hydrogens (tertiary/aromatic N) is 3. The molecule has 2 aromatic heterocycles. The Bertz CT molecular complexity index is 927. The highest BCUT2D eigenvalue weighted by Crippen LogP contribution is 2.25. The molecule has 3 aromatic rings. The molecule has 1 N–H and O–H groups in total. The summed E-state index contributed by atoms with van der Waals surface area (Å²) in [5.74, 6) is 0.782. The molecule has 0 unspecified atom stereocenters. The lowest BCUT2D eigenvalue weighted by Gasteiger charge is -2.12. The van der Waals surface area contributed by atoms with Crippen LogP contribution in [0.1, 0.15) is 55.7 Å². The summed E-state index contributed by atoms with van der Waals surface area (Å²) in [5.41, 5.74) is 2.91. The SMILES string of the molecule is COc1ccc(NC(=O)c2cc(C(C)C)nc3c2cnn3C(C)C)cc1.